The molecule has 16 heavy (non-hydrogen) atoms. The third-order valence-electron chi connectivity index (χ3n) is 2.48. The fourth-order valence-electron chi connectivity index (χ4n) is 1.84. The van der Waals surface area contributed by atoms with Crippen molar-refractivity contribution >= 4 is 16.1 Å². The SMILES string of the molecule is C=CCC(C=CC[Si](C)(C)C)C[Si](C)(C)C. The topological polar surface area (TPSA) is 0 Å². The third kappa shape index (κ3) is 10.4. The third-order valence-corrected chi connectivity index (χ3v) is 5.69. The van der Waals surface area contributed by atoms with Crippen LogP contribution in [-0.2, 0) is 0 Å². The Kier molecular flexibility index (Phi) is 6.57. The van der Waals surface area contributed by atoms with Crippen molar-refractivity contribution in [2.24, 2.45) is 5.92 Å². The summed E-state index contributed by atoms with van der Waals surface area (Å²) in [5.41, 5.74) is 0. The van der Waals surface area contributed by atoms with E-state index < -0.39 is 16.1 Å². The normalized spacial score (nSPS) is 15.4. The average Bonchev–Trinajstić information content (AvgIpc) is 1.98. The lowest BCUT2D eigenvalue weighted by atomic mass is 10.1. The smallest absolute Gasteiger partial charge is 0.0480 e. The molecular weight excluding hydrogens is 224 g/mol. The summed E-state index contributed by atoms with van der Waals surface area (Å²) in [6, 6.07) is 2.70. The van der Waals surface area contributed by atoms with Gasteiger partial charge in [0.15, 0.2) is 0 Å². The molecule has 1 atom stereocenters. The molecule has 0 aromatic rings. The highest BCUT2D eigenvalue weighted by molar-refractivity contribution is 6.76. The summed E-state index contributed by atoms with van der Waals surface area (Å²) in [5, 5.41) is 0. The highest BCUT2D eigenvalue weighted by atomic mass is 28.3. The van der Waals surface area contributed by atoms with Crippen LogP contribution in [-0.4, -0.2) is 16.1 Å². The highest BCUT2D eigenvalue weighted by Crippen LogP contribution is 2.22. The van der Waals surface area contributed by atoms with Crippen molar-refractivity contribution in [2.75, 3.05) is 0 Å². The number of hydrogen-bond acceptors (Lipinski definition) is 0. The lowest BCUT2D eigenvalue weighted by molar-refractivity contribution is 0.729. The molecular formula is C14H30Si2. The molecule has 0 heterocycles. The first-order valence-corrected chi connectivity index (χ1v) is 13.8. The number of hydrogen-bond donors (Lipinski definition) is 0. The molecule has 1 unspecified atom stereocenters. The number of allylic oxidation sites excluding steroid dienone is 3. The Morgan fingerprint density at radius 3 is 1.94 bits per heavy atom. The largest absolute Gasteiger partial charge is 0.103 e. The van der Waals surface area contributed by atoms with Crippen LogP contribution in [0.3, 0.4) is 0 Å². The molecule has 0 radical (unpaired) electrons. The van der Waals surface area contributed by atoms with Gasteiger partial charge in [0.05, 0.1) is 0 Å². The van der Waals surface area contributed by atoms with Gasteiger partial charge in [-0.05, 0) is 18.4 Å². The van der Waals surface area contributed by atoms with Gasteiger partial charge in [-0.3, -0.25) is 0 Å². The molecule has 0 aliphatic carbocycles. The van der Waals surface area contributed by atoms with Crippen LogP contribution >= 0.6 is 0 Å². The van der Waals surface area contributed by atoms with Crippen LogP contribution in [0.15, 0.2) is 24.8 Å². The molecule has 0 fully saturated rings. The minimum Gasteiger partial charge on any atom is -0.103 e. The van der Waals surface area contributed by atoms with Gasteiger partial charge in [0, 0.05) is 16.1 Å². The van der Waals surface area contributed by atoms with Crippen LogP contribution in [0.5, 0.6) is 0 Å². The summed E-state index contributed by atoms with van der Waals surface area (Å²) in [6.07, 6.45) is 8.11. The van der Waals surface area contributed by atoms with Crippen molar-refractivity contribution in [3.63, 3.8) is 0 Å². The number of rotatable bonds is 7. The molecule has 0 saturated heterocycles. The van der Waals surface area contributed by atoms with Crippen LogP contribution in [0.4, 0.5) is 0 Å². The first-order valence-electron chi connectivity index (χ1n) is 6.42. The van der Waals surface area contributed by atoms with Gasteiger partial charge in [-0.2, -0.15) is 0 Å². The van der Waals surface area contributed by atoms with Crippen LogP contribution in [0.1, 0.15) is 6.42 Å². The zero-order chi connectivity index (χ0) is 12.8. The summed E-state index contributed by atoms with van der Waals surface area (Å²) < 4.78 is 0. The molecule has 0 amide bonds. The molecule has 0 N–H and O–H groups in total. The molecule has 0 rings (SSSR count). The Morgan fingerprint density at radius 1 is 1.00 bits per heavy atom. The molecule has 0 nitrogen and oxygen atoms in total. The Bertz CT molecular complexity index is 228. The maximum absolute atomic E-state index is 3.88. The lowest BCUT2D eigenvalue weighted by Gasteiger charge is -2.21. The predicted molar refractivity (Wildman–Crippen MR) is 83.8 cm³/mol. The first-order chi connectivity index (χ1) is 7.14. The fourth-order valence-corrected chi connectivity index (χ4v) is 4.56. The van der Waals surface area contributed by atoms with Gasteiger partial charge in [0.25, 0.3) is 0 Å². The van der Waals surface area contributed by atoms with E-state index in [1.54, 1.807) is 0 Å². The summed E-state index contributed by atoms with van der Waals surface area (Å²) in [6.45, 7) is 18.5. The van der Waals surface area contributed by atoms with Crippen molar-refractivity contribution in [3.8, 4) is 0 Å². The van der Waals surface area contributed by atoms with E-state index in [0.29, 0.717) is 0 Å². The second-order valence-electron chi connectivity index (χ2n) is 7.24. The Labute approximate surface area is 105 Å². The van der Waals surface area contributed by atoms with Crippen molar-refractivity contribution < 1.29 is 0 Å². The van der Waals surface area contributed by atoms with Crippen molar-refractivity contribution in [1.82, 2.24) is 0 Å². The van der Waals surface area contributed by atoms with E-state index in [1.165, 1.54) is 12.1 Å². The van der Waals surface area contributed by atoms with Crippen LogP contribution in [0, 0.1) is 5.92 Å². The molecule has 0 aliphatic heterocycles. The van der Waals surface area contributed by atoms with E-state index in [0.717, 1.165) is 12.3 Å². The van der Waals surface area contributed by atoms with E-state index in [2.05, 4.69) is 64.1 Å². The maximum Gasteiger partial charge on any atom is 0.0480 e. The maximum atomic E-state index is 3.88. The predicted octanol–water partition coefficient (Wildman–Crippen LogP) is 5.41. The molecule has 0 aromatic heterocycles. The fraction of sp³-hybridized carbons (Fsp3) is 0.714. The van der Waals surface area contributed by atoms with E-state index >= 15 is 0 Å². The Balaban J connectivity index is 4.28. The van der Waals surface area contributed by atoms with Crippen molar-refractivity contribution in [3.05, 3.63) is 24.8 Å². The second-order valence-corrected chi connectivity index (χ2v) is 18.3. The Hall–Kier alpha value is -0.0862. The minimum atomic E-state index is -0.941. The summed E-state index contributed by atoms with van der Waals surface area (Å²) >= 11 is 0. The van der Waals surface area contributed by atoms with Gasteiger partial charge in [-0.15, -0.1) is 6.58 Å². The van der Waals surface area contributed by atoms with Crippen molar-refractivity contribution in [1.29, 1.82) is 0 Å². The quantitative estimate of drug-likeness (QED) is 0.421. The lowest BCUT2D eigenvalue weighted by Crippen LogP contribution is -2.23. The standard InChI is InChI=1S/C14H30Si2/c1-8-10-14(13-16(5,6)7)11-9-12-15(2,3)4/h8-9,11,14H,1,10,12-13H2,2-7H3. The summed E-state index contributed by atoms with van der Waals surface area (Å²) in [4.78, 5) is 0. The van der Waals surface area contributed by atoms with Crippen LogP contribution < -0.4 is 0 Å². The molecule has 0 bridgehead atoms. The average molecular weight is 255 g/mol. The summed E-state index contributed by atoms with van der Waals surface area (Å²) in [5.74, 6) is 0.737. The van der Waals surface area contributed by atoms with E-state index in [9.17, 15) is 0 Å². The van der Waals surface area contributed by atoms with Crippen LogP contribution in [0.2, 0.25) is 51.4 Å². The molecule has 2 heteroatoms. The molecule has 94 valence electrons. The second kappa shape index (κ2) is 6.60. The molecule has 0 spiro atoms. The zero-order valence-corrected chi connectivity index (χ0v) is 14.1. The molecule has 0 aliphatic rings. The first kappa shape index (κ1) is 15.9. The van der Waals surface area contributed by atoms with E-state index in [-0.39, 0.29) is 0 Å². The van der Waals surface area contributed by atoms with E-state index in [4.69, 9.17) is 0 Å². The van der Waals surface area contributed by atoms with Gasteiger partial charge in [0.2, 0.25) is 0 Å². The molecule has 0 aromatic carbocycles. The van der Waals surface area contributed by atoms with E-state index in [1.807, 2.05) is 0 Å². The van der Waals surface area contributed by atoms with Crippen LogP contribution in [0.25, 0.3) is 0 Å². The van der Waals surface area contributed by atoms with Gasteiger partial charge < -0.3 is 0 Å². The molecule has 0 saturated carbocycles. The Morgan fingerprint density at radius 2 is 1.56 bits per heavy atom. The van der Waals surface area contributed by atoms with Gasteiger partial charge in [-0.1, -0.05) is 63.6 Å². The van der Waals surface area contributed by atoms with Gasteiger partial charge in [0.1, 0.15) is 0 Å². The highest BCUT2D eigenvalue weighted by Gasteiger charge is 2.18. The summed E-state index contributed by atoms with van der Waals surface area (Å²) in [7, 11) is -1.85. The zero-order valence-electron chi connectivity index (χ0n) is 12.1. The van der Waals surface area contributed by atoms with Gasteiger partial charge in [-0.25, -0.2) is 0 Å². The monoisotopic (exact) mass is 254 g/mol. The minimum absolute atomic E-state index is 0.737. The van der Waals surface area contributed by atoms with Gasteiger partial charge >= 0.3 is 0 Å². The van der Waals surface area contributed by atoms with Crippen molar-refractivity contribution in [2.45, 2.75) is 57.8 Å².